The molecule has 158 valence electrons. The van der Waals surface area contributed by atoms with Crippen molar-refractivity contribution >= 4 is 44.0 Å². The minimum atomic E-state index is -0.523. The van der Waals surface area contributed by atoms with Crippen LogP contribution in [0.3, 0.4) is 0 Å². The molecule has 3 aromatic carbocycles. The monoisotopic (exact) mass is 488 g/mol. The van der Waals surface area contributed by atoms with Gasteiger partial charge in [0.05, 0.1) is 0 Å². The molecule has 0 radical (unpaired) electrons. The second-order valence-corrected chi connectivity index (χ2v) is 9.11. The van der Waals surface area contributed by atoms with Gasteiger partial charge in [-0.25, -0.2) is 0 Å². The lowest BCUT2D eigenvalue weighted by atomic mass is 10.1. The van der Waals surface area contributed by atoms with E-state index in [9.17, 15) is 5.11 Å². The van der Waals surface area contributed by atoms with E-state index in [0.717, 1.165) is 57.8 Å². The van der Waals surface area contributed by atoms with Gasteiger partial charge in [-0.05, 0) is 59.7 Å². The van der Waals surface area contributed by atoms with Crippen LogP contribution in [0.4, 0.5) is 5.69 Å². The van der Waals surface area contributed by atoms with Gasteiger partial charge in [-0.15, -0.1) is 0 Å². The van der Waals surface area contributed by atoms with Gasteiger partial charge in [0.1, 0.15) is 18.5 Å². The molecule has 1 fully saturated rings. The Morgan fingerprint density at radius 1 is 1.03 bits per heavy atom. The van der Waals surface area contributed by atoms with Crippen molar-refractivity contribution < 1.29 is 9.84 Å². The molecule has 30 heavy (non-hydrogen) atoms. The molecule has 0 amide bonds. The van der Waals surface area contributed by atoms with E-state index in [1.165, 1.54) is 5.69 Å². The third-order valence-corrected chi connectivity index (χ3v) is 6.54. The lowest BCUT2D eigenvalue weighted by Gasteiger charge is -2.37. The number of aliphatic hydroxyl groups excluding tert-OH is 1. The number of ether oxygens (including phenoxy) is 1. The van der Waals surface area contributed by atoms with Gasteiger partial charge in [-0.2, -0.15) is 0 Å². The summed E-state index contributed by atoms with van der Waals surface area (Å²) in [5, 5.41) is 13.6. The van der Waals surface area contributed by atoms with Crippen LogP contribution in [-0.2, 0) is 0 Å². The van der Waals surface area contributed by atoms with E-state index in [1.54, 1.807) is 0 Å². The molecule has 1 saturated heterocycles. The maximum Gasteiger partial charge on any atom is 0.120 e. The molecular formula is C24H26BrClN2O2. The van der Waals surface area contributed by atoms with Gasteiger partial charge >= 0.3 is 0 Å². The number of nitrogens with zero attached hydrogens (tertiary/aromatic N) is 2. The van der Waals surface area contributed by atoms with Crippen molar-refractivity contribution in [2.75, 3.05) is 44.2 Å². The maximum absolute atomic E-state index is 10.5. The zero-order chi connectivity index (χ0) is 21.1. The van der Waals surface area contributed by atoms with E-state index >= 15 is 0 Å². The first kappa shape index (κ1) is 21.4. The lowest BCUT2D eigenvalue weighted by molar-refractivity contribution is 0.0663. The maximum atomic E-state index is 10.5. The number of aliphatic hydroxyl groups is 1. The topological polar surface area (TPSA) is 35.9 Å². The van der Waals surface area contributed by atoms with Gasteiger partial charge in [0, 0.05) is 47.9 Å². The summed E-state index contributed by atoms with van der Waals surface area (Å²) in [4.78, 5) is 4.66. The molecule has 6 heteroatoms. The van der Waals surface area contributed by atoms with E-state index in [2.05, 4.69) is 50.9 Å². The van der Waals surface area contributed by atoms with Gasteiger partial charge in [0.15, 0.2) is 0 Å². The van der Waals surface area contributed by atoms with Crippen molar-refractivity contribution in [1.82, 2.24) is 4.90 Å². The molecule has 1 atom stereocenters. The summed E-state index contributed by atoms with van der Waals surface area (Å²) in [6.45, 7) is 6.64. The van der Waals surface area contributed by atoms with E-state index in [4.69, 9.17) is 16.3 Å². The summed E-state index contributed by atoms with van der Waals surface area (Å²) >= 11 is 9.76. The minimum Gasteiger partial charge on any atom is -0.491 e. The Labute approximate surface area is 191 Å². The quantitative estimate of drug-likeness (QED) is 0.521. The second kappa shape index (κ2) is 9.56. The number of piperazine rings is 1. The Hall–Kier alpha value is -1.79. The molecule has 1 heterocycles. The van der Waals surface area contributed by atoms with Crippen LogP contribution in [0.1, 0.15) is 5.56 Å². The molecule has 0 aromatic heterocycles. The zero-order valence-corrected chi connectivity index (χ0v) is 19.4. The number of hydrogen-bond donors (Lipinski definition) is 1. The molecule has 1 N–H and O–H groups in total. The number of fused-ring (bicyclic) bond motifs is 1. The minimum absolute atomic E-state index is 0.287. The Kier molecular flexibility index (Phi) is 6.84. The van der Waals surface area contributed by atoms with E-state index in [-0.39, 0.29) is 6.61 Å². The molecule has 4 rings (SSSR count). The fourth-order valence-electron chi connectivity index (χ4n) is 3.94. The van der Waals surface area contributed by atoms with Crippen LogP contribution in [-0.4, -0.2) is 55.4 Å². The van der Waals surface area contributed by atoms with Crippen LogP contribution in [0.5, 0.6) is 5.75 Å². The van der Waals surface area contributed by atoms with E-state index in [0.29, 0.717) is 6.54 Å². The number of rotatable bonds is 6. The van der Waals surface area contributed by atoms with Crippen LogP contribution in [0.25, 0.3) is 10.8 Å². The summed E-state index contributed by atoms with van der Waals surface area (Å²) in [7, 11) is 0. The number of β-amino-alcohol motifs (C(OH)–C–C–N with tert-alkyl or cyclic N) is 1. The van der Waals surface area contributed by atoms with Crippen molar-refractivity contribution in [2.45, 2.75) is 13.0 Å². The fourth-order valence-corrected chi connectivity index (χ4v) is 4.49. The zero-order valence-electron chi connectivity index (χ0n) is 17.0. The number of hydrogen-bond acceptors (Lipinski definition) is 4. The summed E-state index contributed by atoms with van der Waals surface area (Å²) in [6, 6.07) is 18.2. The number of benzene rings is 3. The van der Waals surface area contributed by atoms with Crippen LogP contribution >= 0.6 is 27.5 Å². The summed E-state index contributed by atoms with van der Waals surface area (Å²) in [5.74, 6) is 0.783. The van der Waals surface area contributed by atoms with Crippen molar-refractivity contribution in [3.8, 4) is 5.75 Å². The molecule has 0 bridgehead atoms. The predicted octanol–water partition coefficient (Wildman–Crippen LogP) is 5.13. The van der Waals surface area contributed by atoms with Crippen molar-refractivity contribution in [3.05, 3.63) is 69.7 Å². The standard InChI is InChI=1S/C24H26BrClN2O2/c1-17-23(26)3-2-4-24(17)28-11-9-27(10-12-28)15-21(29)16-30-22-8-6-18-13-20(25)7-5-19(18)14-22/h2-8,13-14,21,29H,9-12,15-16H2,1H3/t21-/m0/s1. The van der Waals surface area contributed by atoms with E-state index in [1.807, 2.05) is 36.4 Å². The molecule has 0 unspecified atom stereocenters. The Balaban J connectivity index is 1.26. The summed E-state index contributed by atoms with van der Waals surface area (Å²) < 4.78 is 6.91. The van der Waals surface area contributed by atoms with Crippen molar-refractivity contribution in [3.63, 3.8) is 0 Å². The third kappa shape index (κ3) is 5.09. The average molecular weight is 490 g/mol. The largest absolute Gasteiger partial charge is 0.491 e. The molecule has 0 aliphatic carbocycles. The first-order valence-corrected chi connectivity index (χ1v) is 11.4. The van der Waals surface area contributed by atoms with Gasteiger partial charge in [-0.1, -0.05) is 45.7 Å². The van der Waals surface area contributed by atoms with E-state index < -0.39 is 6.10 Å². The highest BCUT2D eigenvalue weighted by molar-refractivity contribution is 9.10. The highest BCUT2D eigenvalue weighted by atomic mass is 79.9. The van der Waals surface area contributed by atoms with Crippen LogP contribution < -0.4 is 9.64 Å². The van der Waals surface area contributed by atoms with Crippen LogP contribution in [0.15, 0.2) is 59.1 Å². The second-order valence-electron chi connectivity index (χ2n) is 7.79. The number of halogens is 2. The van der Waals surface area contributed by atoms with Gasteiger partial charge < -0.3 is 14.7 Å². The highest BCUT2D eigenvalue weighted by Gasteiger charge is 2.21. The number of anilines is 1. The van der Waals surface area contributed by atoms with Crippen molar-refractivity contribution in [1.29, 1.82) is 0 Å². The molecule has 1 aliphatic heterocycles. The predicted molar refractivity (Wildman–Crippen MR) is 128 cm³/mol. The fraction of sp³-hybridized carbons (Fsp3) is 0.333. The normalized spacial score (nSPS) is 16.1. The smallest absolute Gasteiger partial charge is 0.120 e. The Morgan fingerprint density at radius 3 is 2.57 bits per heavy atom. The molecular weight excluding hydrogens is 464 g/mol. The average Bonchev–Trinajstić information content (AvgIpc) is 2.75. The third-order valence-electron chi connectivity index (χ3n) is 5.64. The highest BCUT2D eigenvalue weighted by Crippen LogP contribution is 2.27. The van der Waals surface area contributed by atoms with Gasteiger partial charge in [0.25, 0.3) is 0 Å². The molecule has 3 aromatic rings. The summed E-state index contributed by atoms with van der Waals surface area (Å²) in [5.41, 5.74) is 2.33. The summed E-state index contributed by atoms with van der Waals surface area (Å²) in [6.07, 6.45) is -0.523. The molecule has 1 aliphatic rings. The Bertz CT molecular complexity index is 1020. The lowest BCUT2D eigenvalue weighted by Crippen LogP contribution is -2.49. The Morgan fingerprint density at radius 2 is 1.77 bits per heavy atom. The van der Waals surface area contributed by atoms with Crippen LogP contribution in [0.2, 0.25) is 5.02 Å². The molecule has 4 nitrogen and oxygen atoms in total. The van der Waals surface area contributed by atoms with Gasteiger partial charge in [-0.3, -0.25) is 4.90 Å². The van der Waals surface area contributed by atoms with Crippen LogP contribution in [0, 0.1) is 6.92 Å². The van der Waals surface area contributed by atoms with Crippen molar-refractivity contribution in [2.24, 2.45) is 0 Å². The first-order chi connectivity index (χ1) is 14.5. The first-order valence-electron chi connectivity index (χ1n) is 10.2. The molecule has 0 saturated carbocycles. The van der Waals surface area contributed by atoms with Gasteiger partial charge in [0.2, 0.25) is 0 Å². The SMILES string of the molecule is Cc1c(Cl)cccc1N1CCN(C[C@H](O)COc2ccc3cc(Br)ccc3c2)CC1. The molecule has 0 spiro atoms.